The highest BCUT2D eigenvalue weighted by Crippen LogP contribution is 2.53. The molecular weight excluding hydrogens is 595 g/mol. The number of nitrogens with zero attached hydrogens (tertiary/aromatic N) is 1. The van der Waals surface area contributed by atoms with E-state index in [0.29, 0.717) is 0 Å². The average molecular weight is 628 g/mol. The van der Waals surface area contributed by atoms with E-state index >= 15 is 0 Å². The van der Waals surface area contributed by atoms with Crippen LogP contribution in [0, 0.1) is 0 Å². The lowest BCUT2D eigenvalue weighted by Crippen LogP contribution is -2.15. The van der Waals surface area contributed by atoms with Crippen molar-refractivity contribution in [2.24, 2.45) is 0 Å². The Morgan fingerprint density at radius 2 is 1.16 bits per heavy atom. The number of fused-ring (bicyclic) bond motifs is 9. The molecule has 2 nitrogen and oxygen atoms in total. The first-order valence-electron chi connectivity index (χ1n) is 17.0. The number of hydrogen-bond donors (Lipinski definition) is 0. The Balaban J connectivity index is 1.34. The number of benzene rings is 8. The summed E-state index contributed by atoms with van der Waals surface area (Å²) in [6, 6.07) is 59.4. The van der Waals surface area contributed by atoms with Crippen molar-refractivity contribution in [3.63, 3.8) is 0 Å². The Kier molecular flexibility index (Phi) is 5.95. The molecule has 0 saturated carbocycles. The van der Waals surface area contributed by atoms with Crippen molar-refractivity contribution in [3.05, 3.63) is 175 Å². The molecule has 232 valence electrons. The fraction of sp³-hybridized carbons (Fsp3) is 0.0638. The van der Waals surface area contributed by atoms with Crippen molar-refractivity contribution >= 4 is 60.5 Å². The van der Waals surface area contributed by atoms with Crippen LogP contribution in [0.25, 0.3) is 65.7 Å². The SMILES string of the molecule is CC1(C)c2ccccc2-c2cc(N(c3cccc(-c4ccccc4)c3)c3c4ccc5ccccc5c4cc4c3oc3ccccc34)ccc21. The minimum Gasteiger partial charge on any atom is -0.454 e. The topological polar surface area (TPSA) is 16.4 Å². The molecule has 0 amide bonds. The maximum Gasteiger partial charge on any atom is 0.160 e. The van der Waals surface area contributed by atoms with Gasteiger partial charge in [0.15, 0.2) is 5.58 Å². The van der Waals surface area contributed by atoms with Crippen molar-refractivity contribution in [1.29, 1.82) is 0 Å². The van der Waals surface area contributed by atoms with Gasteiger partial charge in [0.05, 0.1) is 5.69 Å². The van der Waals surface area contributed by atoms with Crippen LogP contribution < -0.4 is 4.90 Å². The number of anilines is 3. The third kappa shape index (κ3) is 4.14. The van der Waals surface area contributed by atoms with E-state index in [4.69, 9.17) is 4.42 Å². The second kappa shape index (κ2) is 10.4. The molecule has 2 heteroatoms. The molecule has 9 aromatic rings. The molecule has 0 atom stereocenters. The number of furan rings is 1. The first-order chi connectivity index (χ1) is 24.1. The van der Waals surface area contributed by atoms with E-state index in [0.717, 1.165) is 44.4 Å². The van der Waals surface area contributed by atoms with Gasteiger partial charge in [-0.05, 0) is 85.9 Å². The van der Waals surface area contributed by atoms with Gasteiger partial charge < -0.3 is 9.32 Å². The fourth-order valence-electron chi connectivity index (χ4n) is 8.24. The predicted octanol–water partition coefficient (Wildman–Crippen LogP) is 13.3. The van der Waals surface area contributed by atoms with Gasteiger partial charge in [-0.25, -0.2) is 0 Å². The second-order valence-corrected chi connectivity index (χ2v) is 13.7. The van der Waals surface area contributed by atoms with Gasteiger partial charge >= 0.3 is 0 Å². The Bertz CT molecular complexity index is 2750. The van der Waals surface area contributed by atoms with Gasteiger partial charge in [-0.15, -0.1) is 0 Å². The van der Waals surface area contributed by atoms with E-state index in [2.05, 4.69) is 183 Å². The highest BCUT2D eigenvalue weighted by molar-refractivity contribution is 6.24. The number of hydrogen-bond acceptors (Lipinski definition) is 2. The molecule has 0 bridgehead atoms. The molecule has 0 fully saturated rings. The molecule has 10 rings (SSSR count). The van der Waals surface area contributed by atoms with Gasteiger partial charge in [0.2, 0.25) is 0 Å². The van der Waals surface area contributed by atoms with Gasteiger partial charge in [-0.2, -0.15) is 0 Å². The van der Waals surface area contributed by atoms with Crippen molar-refractivity contribution in [1.82, 2.24) is 0 Å². The highest BCUT2D eigenvalue weighted by atomic mass is 16.3. The first kappa shape index (κ1) is 27.9. The second-order valence-electron chi connectivity index (χ2n) is 13.7. The quantitative estimate of drug-likeness (QED) is 0.181. The predicted molar refractivity (Wildman–Crippen MR) is 206 cm³/mol. The normalized spacial score (nSPS) is 13.3. The molecule has 49 heavy (non-hydrogen) atoms. The molecule has 1 aromatic heterocycles. The molecule has 8 aromatic carbocycles. The zero-order valence-electron chi connectivity index (χ0n) is 27.4. The Hall–Kier alpha value is -6.12. The summed E-state index contributed by atoms with van der Waals surface area (Å²) in [6.45, 7) is 4.68. The standard InChI is InChI=1S/C47H33NO/c1-47(2)42-21-10-8-19-36(42)40-28-34(24-26-43(40)47)48(33-17-12-16-32(27-33)30-13-4-3-5-14-30)45-38-25-23-31-15-6-7-18-35(31)39(38)29-41-37-20-9-11-22-44(37)49-46(41)45/h3-29H,1-2H3. The molecule has 0 unspecified atom stereocenters. The molecule has 0 aliphatic heterocycles. The summed E-state index contributed by atoms with van der Waals surface area (Å²) in [6.07, 6.45) is 0. The van der Waals surface area contributed by atoms with Crippen LogP contribution >= 0.6 is 0 Å². The van der Waals surface area contributed by atoms with Crippen LogP contribution in [0.4, 0.5) is 17.1 Å². The lowest BCUT2D eigenvalue weighted by Gasteiger charge is -2.29. The summed E-state index contributed by atoms with van der Waals surface area (Å²) >= 11 is 0. The monoisotopic (exact) mass is 627 g/mol. The van der Waals surface area contributed by atoms with Crippen molar-refractivity contribution in [3.8, 4) is 22.3 Å². The van der Waals surface area contributed by atoms with Gasteiger partial charge in [-0.3, -0.25) is 0 Å². The van der Waals surface area contributed by atoms with Crippen LogP contribution in [-0.2, 0) is 5.41 Å². The smallest absolute Gasteiger partial charge is 0.160 e. The van der Waals surface area contributed by atoms with Crippen LogP contribution in [0.2, 0.25) is 0 Å². The number of rotatable bonds is 4. The Morgan fingerprint density at radius 1 is 0.449 bits per heavy atom. The zero-order valence-corrected chi connectivity index (χ0v) is 27.4. The highest BCUT2D eigenvalue weighted by Gasteiger charge is 2.36. The van der Waals surface area contributed by atoms with Gasteiger partial charge in [0.1, 0.15) is 5.58 Å². The third-order valence-corrected chi connectivity index (χ3v) is 10.6. The minimum atomic E-state index is -0.0765. The van der Waals surface area contributed by atoms with Crippen molar-refractivity contribution in [2.45, 2.75) is 19.3 Å². The summed E-state index contributed by atoms with van der Waals surface area (Å²) in [5.41, 5.74) is 12.6. The van der Waals surface area contributed by atoms with Crippen LogP contribution in [0.15, 0.2) is 168 Å². The summed E-state index contributed by atoms with van der Waals surface area (Å²) < 4.78 is 6.88. The van der Waals surface area contributed by atoms with E-state index in [-0.39, 0.29) is 5.41 Å². The maximum atomic E-state index is 6.88. The van der Waals surface area contributed by atoms with E-state index in [1.807, 2.05) is 0 Å². The van der Waals surface area contributed by atoms with Crippen LogP contribution in [0.5, 0.6) is 0 Å². The lowest BCUT2D eigenvalue weighted by atomic mass is 9.82. The molecule has 0 N–H and O–H groups in total. The van der Waals surface area contributed by atoms with Gasteiger partial charge in [-0.1, -0.05) is 141 Å². The zero-order chi connectivity index (χ0) is 32.7. The molecule has 0 spiro atoms. The van der Waals surface area contributed by atoms with E-state index in [9.17, 15) is 0 Å². The molecule has 1 heterocycles. The minimum absolute atomic E-state index is 0.0765. The molecule has 1 aliphatic carbocycles. The van der Waals surface area contributed by atoms with Crippen LogP contribution in [0.3, 0.4) is 0 Å². The Labute approximate surface area is 285 Å². The maximum absolute atomic E-state index is 6.88. The van der Waals surface area contributed by atoms with E-state index in [1.54, 1.807) is 0 Å². The van der Waals surface area contributed by atoms with E-state index < -0.39 is 0 Å². The average Bonchev–Trinajstić information content (AvgIpc) is 3.63. The fourth-order valence-corrected chi connectivity index (χ4v) is 8.24. The third-order valence-electron chi connectivity index (χ3n) is 10.6. The lowest BCUT2D eigenvalue weighted by molar-refractivity contribution is 0.660. The summed E-state index contributed by atoms with van der Waals surface area (Å²) in [7, 11) is 0. The van der Waals surface area contributed by atoms with Crippen molar-refractivity contribution in [2.75, 3.05) is 4.90 Å². The molecule has 0 saturated heterocycles. The first-order valence-corrected chi connectivity index (χ1v) is 17.0. The largest absolute Gasteiger partial charge is 0.454 e. The summed E-state index contributed by atoms with van der Waals surface area (Å²) in [4.78, 5) is 2.43. The van der Waals surface area contributed by atoms with Crippen molar-refractivity contribution < 1.29 is 4.42 Å². The van der Waals surface area contributed by atoms with Gasteiger partial charge in [0.25, 0.3) is 0 Å². The Morgan fingerprint density at radius 3 is 2.06 bits per heavy atom. The van der Waals surface area contributed by atoms with Crippen LogP contribution in [0.1, 0.15) is 25.0 Å². The van der Waals surface area contributed by atoms with Crippen LogP contribution in [-0.4, -0.2) is 0 Å². The number of para-hydroxylation sites is 1. The molecular formula is C47H33NO. The van der Waals surface area contributed by atoms with E-state index in [1.165, 1.54) is 49.5 Å². The summed E-state index contributed by atoms with van der Waals surface area (Å²) in [5, 5.41) is 7.06. The summed E-state index contributed by atoms with van der Waals surface area (Å²) in [5.74, 6) is 0. The molecule has 0 radical (unpaired) electrons. The molecule has 1 aliphatic rings. The van der Waals surface area contributed by atoms with Gasteiger partial charge in [0, 0.05) is 32.9 Å².